The second-order valence-corrected chi connectivity index (χ2v) is 25.9. The number of aryl methyl sites for hydroxylation is 4. The Morgan fingerprint density at radius 1 is 0.418 bits per heavy atom. The predicted octanol–water partition coefficient (Wildman–Crippen LogP) is -2.56. The molecule has 4 aromatic heterocycles. The summed E-state index contributed by atoms with van der Waals surface area (Å²) in [6, 6.07) is -0.964. The van der Waals surface area contributed by atoms with Gasteiger partial charge in [0.15, 0.2) is 25.2 Å². The molecule has 0 spiro atoms. The lowest BCUT2D eigenvalue weighted by molar-refractivity contribution is -0.257. The zero-order valence-corrected chi connectivity index (χ0v) is 55.8. The average Bonchev–Trinajstić information content (AvgIpc) is 1.46. The zero-order chi connectivity index (χ0) is 69.8. The van der Waals surface area contributed by atoms with E-state index in [4.69, 9.17) is 37.9 Å². The van der Waals surface area contributed by atoms with E-state index in [-0.39, 0.29) is 45.2 Å². The van der Waals surface area contributed by atoms with Crippen LogP contribution >= 0.6 is 0 Å². The molecule has 36 nitrogen and oxygen atoms in total. The van der Waals surface area contributed by atoms with Crippen LogP contribution in [0.5, 0.6) is 0 Å². The van der Waals surface area contributed by atoms with Crippen LogP contribution in [0.3, 0.4) is 0 Å². The molecule has 0 radical (unpaired) electrons. The molecule has 4 aliphatic heterocycles. The molecule has 0 aliphatic carbocycles. The lowest BCUT2D eigenvalue weighted by atomic mass is 10.0. The van der Waals surface area contributed by atoms with Crippen LogP contribution in [0.25, 0.3) is 0 Å². The van der Waals surface area contributed by atoms with Crippen molar-refractivity contribution in [1.29, 1.82) is 0 Å². The molecule has 98 heavy (non-hydrogen) atoms. The number of aliphatic hydroxyl groups excluding tert-OH is 12. The van der Waals surface area contributed by atoms with E-state index in [1.54, 1.807) is 31.1 Å². The Labute approximate surface area is 568 Å². The summed E-state index contributed by atoms with van der Waals surface area (Å²) in [6.45, 7) is 3.58. The van der Waals surface area contributed by atoms with Gasteiger partial charge in [-0.05, 0) is 96.4 Å². The lowest BCUT2D eigenvalue weighted by Gasteiger charge is -2.36. The SMILES string of the molecule is O=C(O)C(CCCCN(Cc1cn(CCCCCO[C@H]2C[C@@H](O)[C@@H](O)[C@@H](CO)O2)nn1)Cc1cn(CCCCCO[C@H]2C[C@@H](O)[C@@H](O)[C@@H](CO)O2)nn1)N(Cc1cn(CCCCCO[C@H]2C[C@@H](O)[C@@H](O)[C@@H](CO)O2)nn1)Cc1cn(CCCCCO[C@H]2C[C@@H](O)[C@@H](O)[C@@H](CO)O2)nn1. The Balaban J connectivity index is 0.853. The van der Waals surface area contributed by atoms with Crippen molar-refractivity contribution in [3.8, 4) is 0 Å². The standard InChI is InChI=1S/C62H106N14O22/c77-37-50-58(85)46(81)25-54(95-50)91-21-11-1-6-17-73-33-41(63-67-73)29-71(30-42-34-74(68-64-42)18-7-2-12-22-92-55-26-47(82)59(86)51(38-78)96-55)16-10-5-15-45(62(89)90)72(31-43-35-75(69-65-43)19-8-3-13-23-93-56-27-48(83)60(87)52(39-79)97-56)32-44-36-76(70-66-44)20-9-4-14-24-94-57-28-49(84)61(88)53(40-80)98-57/h33-36,45-61,77-88H,1-32,37-40H2,(H,89,90)/t45?,46-,47-,48-,49-,50-,51-,52-,53-,54-,55-,56-,57-,58-,59-,60-,61-/m1/s1. The minimum absolute atomic E-state index is 0.0912. The molecule has 17 atom stereocenters. The summed E-state index contributed by atoms with van der Waals surface area (Å²) in [5.74, 6) is -1.02. The van der Waals surface area contributed by atoms with Gasteiger partial charge in [-0.15, -0.1) is 20.4 Å². The number of nitrogens with zero attached hydrogens (tertiary/aromatic N) is 14. The number of aromatic nitrogens is 12. The second-order valence-electron chi connectivity index (χ2n) is 25.9. The fourth-order valence-electron chi connectivity index (χ4n) is 12.3. The number of rotatable bonds is 47. The number of carboxylic acid groups (broad SMARTS) is 1. The first-order chi connectivity index (χ1) is 47.5. The minimum Gasteiger partial charge on any atom is -0.480 e. The molecule has 4 fully saturated rings. The van der Waals surface area contributed by atoms with Crippen LogP contribution in [0.15, 0.2) is 24.8 Å². The van der Waals surface area contributed by atoms with Crippen LogP contribution in [0.4, 0.5) is 0 Å². The number of ether oxygens (including phenoxy) is 8. The van der Waals surface area contributed by atoms with Crippen molar-refractivity contribution < 1.29 is 109 Å². The number of aliphatic carboxylic acids is 1. The van der Waals surface area contributed by atoms with Crippen molar-refractivity contribution in [2.75, 3.05) is 59.4 Å². The third-order valence-electron chi connectivity index (χ3n) is 18.0. The van der Waals surface area contributed by atoms with E-state index < -0.39 is 137 Å². The summed E-state index contributed by atoms with van der Waals surface area (Å²) in [7, 11) is 0. The largest absolute Gasteiger partial charge is 0.480 e. The number of hydrogen-bond donors (Lipinski definition) is 13. The van der Waals surface area contributed by atoms with Gasteiger partial charge in [0, 0.05) is 129 Å². The quantitative estimate of drug-likeness (QED) is 0.0202. The van der Waals surface area contributed by atoms with Crippen molar-refractivity contribution in [2.24, 2.45) is 0 Å². The molecule has 4 aromatic rings. The minimum atomic E-state index is -1.19. The lowest BCUT2D eigenvalue weighted by Crippen LogP contribution is -2.50. The Bertz CT molecular complexity index is 2660. The fourth-order valence-corrected chi connectivity index (χ4v) is 12.3. The van der Waals surface area contributed by atoms with Gasteiger partial charge < -0.3 is 104 Å². The zero-order valence-electron chi connectivity index (χ0n) is 55.8. The van der Waals surface area contributed by atoms with Crippen LogP contribution in [0.2, 0.25) is 0 Å². The molecule has 4 aliphatic rings. The maximum Gasteiger partial charge on any atom is 0.320 e. The van der Waals surface area contributed by atoms with Crippen molar-refractivity contribution in [3.05, 3.63) is 47.6 Å². The molecule has 0 amide bonds. The molecule has 0 saturated carbocycles. The van der Waals surface area contributed by atoms with Gasteiger partial charge in [-0.2, -0.15) is 0 Å². The third kappa shape index (κ3) is 25.6. The first-order valence-electron chi connectivity index (χ1n) is 34.7. The van der Waals surface area contributed by atoms with Gasteiger partial charge in [-0.3, -0.25) is 33.3 Å². The Morgan fingerprint density at radius 3 is 0.980 bits per heavy atom. The van der Waals surface area contributed by atoms with Crippen molar-refractivity contribution in [2.45, 2.75) is 279 Å². The van der Waals surface area contributed by atoms with Gasteiger partial charge in [-0.25, -0.2) is 0 Å². The number of carboxylic acids is 1. The van der Waals surface area contributed by atoms with E-state index >= 15 is 0 Å². The van der Waals surface area contributed by atoms with Crippen LogP contribution in [-0.4, -0.2) is 306 Å². The Morgan fingerprint density at radius 2 is 0.704 bits per heavy atom. The van der Waals surface area contributed by atoms with E-state index in [1.165, 1.54) is 0 Å². The number of aliphatic hydroxyl groups is 12. The highest BCUT2D eigenvalue weighted by molar-refractivity contribution is 5.73. The molecule has 4 saturated heterocycles. The highest BCUT2D eigenvalue weighted by Gasteiger charge is 2.40. The first kappa shape index (κ1) is 78.9. The van der Waals surface area contributed by atoms with Crippen LogP contribution in [0, 0.1) is 0 Å². The van der Waals surface area contributed by atoms with E-state index in [9.17, 15) is 71.2 Å². The molecule has 8 heterocycles. The molecular weight excluding hydrogens is 1290 g/mol. The van der Waals surface area contributed by atoms with E-state index in [2.05, 4.69) is 46.1 Å². The maximum atomic E-state index is 13.5. The van der Waals surface area contributed by atoms with Gasteiger partial charge in [0.1, 0.15) is 54.9 Å². The molecule has 8 rings (SSSR count). The molecule has 36 heteroatoms. The smallest absolute Gasteiger partial charge is 0.320 e. The normalized spacial score (nSPS) is 28.1. The van der Waals surface area contributed by atoms with Crippen LogP contribution in [-0.2, 0) is 95.0 Å². The summed E-state index contributed by atoms with van der Waals surface area (Å²) in [4.78, 5) is 17.5. The van der Waals surface area contributed by atoms with Gasteiger partial charge in [-0.1, -0.05) is 27.3 Å². The first-order valence-corrected chi connectivity index (χ1v) is 34.7. The molecule has 0 aromatic carbocycles. The van der Waals surface area contributed by atoms with Crippen molar-refractivity contribution in [3.63, 3.8) is 0 Å². The molecule has 1 unspecified atom stereocenters. The van der Waals surface area contributed by atoms with Gasteiger partial charge in [0.25, 0.3) is 0 Å². The summed E-state index contributed by atoms with van der Waals surface area (Å²) in [5.41, 5.74) is 2.57. The third-order valence-corrected chi connectivity index (χ3v) is 18.0. The Kier molecular flexibility index (Phi) is 33.7. The van der Waals surface area contributed by atoms with E-state index in [0.29, 0.717) is 122 Å². The topological polar surface area (TPSA) is 483 Å². The summed E-state index contributed by atoms with van der Waals surface area (Å²) < 4.78 is 52.5. The number of hydrogen-bond acceptors (Lipinski definition) is 31. The molecule has 0 bridgehead atoms. The highest BCUT2D eigenvalue weighted by Crippen LogP contribution is 2.26. The maximum absolute atomic E-state index is 13.5. The number of carbonyl (C=O) groups is 1. The molecule has 556 valence electrons. The monoisotopic (exact) mass is 1400 g/mol. The van der Waals surface area contributed by atoms with E-state index in [1.807, 2.05) is 17.3 Å². The summed E-state index contributed by atoms with van der Waals surface area (Å²) >= 11 is 0. The van der Waals surface area contributed by atoms with E-state index in [0.717, 1.165) is 62.8 Å². The fraction of sp³-hybridized carbons (Fsp3) is 0.855. The van der Waals surface area contributed by atoms with Crippen molar-refractivity contribution in [1.82, 2.24) is 69.8 Å². The highest BCUT2D eigenvalue weighted by atomic mass is 16.7. The van der Waals surface area contributed by atoms with Gasteiger partial charge in [0.2, 0.25) is 0 Å². The second kappa shape index (κ2) is 41.9. The summed E-state index contributed by atoms with van der Waals surface area (Å²) in [6.07, 6.45) is 2.55. The van der Waals surface area contributed by atoms with Crippen LogP contribution < -0.4 is 0 Å². The van der Waals surface area contributed by atoms with Gasteiger partial charge in [0.05, 0.1) is 73.6 Å². The Hall–Kier alpha value is -4.85. The van der Waals surface area contributed by atoms with Crippen molar-refractivity contribution >= 4 is 5.97 Å². The average molecular weight is 1400 g/mol. The number of unbranched alkanes of at least 4 members (excludes halogenated alkanes) is 9. The predicted molar refractivity (Wildman–Crippen MR) is 337 cm³/mol. The summed E-state index contributed by atoms with van der Waals surface area (Å²) in [5, 5.41) is 165. The molecule has 13 N–H and O–H groups in total. The molecular formula is C62H106N14O22. The van der Waals surface area contributed by atoms with Crippen LogP contribution in [0.1, 0.15) is 145 Å². The van der Waals surface area contributed by atoms with Gasteiger partial charge >= 0.3 is 5.97 Å².